The van der Waals surface area contributed by atoms with Gasteiger partial charge in [-0.3, -0.25) is 0 Å². The molecule has 1 unspecified atom stereocenters. The number of rotatable bonds is 6. The summed E-state index contributed by atoms with van der Waals surface area (Å²) >= 11 is 0. The minimum absolute atomic E-state index is 0.0343. The van der Waals surface area contributed by atoms with Crippen molar-refractivity contribution in [1.82, 2.24) is 4.31 Å². The Bertz CT molecular complexity index is 696. The van der Waals surface area contributed by atoms with Gasteiger partial charge >= 0.3 is 0 Å². The third kappa shape index (κ3) is 4.08. The van der Waals surface area contributed by atoms with Crippen LogP contribution in [0.4, 0.5) is 0 Å². The van der Waals surface area contributed by atoms with Crippen LogP contribution in [-0.2, 0) is 19.9 Å². The highest BCUT2D eigenvalue weighted by Crippen LogP contribution is 2.28. The lowest BCUT2D eigenvalue weighted by molar-refractivity contribution is 0.430. The van der Waals surface area contributed by atoms with Gasteiger partial charge in [0.15, 0.2) is 9.84 Å². The maximum absolute atomic E-state index is 12.2. The molecule has 0 bridgehead atoms. The summed E-state index contributed by atoms with van der Waals surface area (Å²) in [6.07, 6.45) is 0.348. The number of benzene rings is 1. The molecule has 1 aromatic carbocycles. The van der Waals surface area contributed by atoms with Crippen LogP contribution in [0.15, 0.2) is 30.3 Å². The monoisotopic (exact) mass is 345 g/mol. The standard InChI is InChI=1S/C15H23NO4S2/c1-13(2)21(17,18)10-6-9-16-11-15(12-22(16,19)20)14-7-4-3-5-8-14/h3-5,7-8,13,15H,6,9-12H2,1-2H3. The van der Waals surface area contributed by atoms with Crippen LogP contribution in [-0.4, -0.2) is 51.0 Å². The number of sulfonamides is 1. The third-order valence-corrected chi connectivity index (χ3v) is 8.29. The van der Waals surface area contributed by atoms with E-state index in [-0.39, 0.29) is 24.0 Å². The lowest BCUT2D eigenvalue weighted by Gasteiger charge is -2.15. The molecule has 0 amide bonds. The Morgan fingerprint density at radius 2 is 1.86 bits per heavy atom. The first-order valence-electron chi connectivity index (χ1n) is 7.47. The Kier molecular flexibility index (Phi) is 5.29. The molecule has 2 rings (SSSR count). The molecule has 1 fully saturated rings. The van der Waals surface area contributed by atoms with Gasteiger partial charge in [0.05, 0.1) is 16.8 Å². The topological polar surface area (TPSA) is 71.5 Å². The van der Waals surface area contributed by atoms with E-state index >= 15 is 0 Å². The van der Waals surface area contributed by atoms with Gasteiger partial charge < -0.3 is 0 Å². The molecule has 0 aliphatic carbocycles. The van der Waals surface area contributed by atoms with Crippen molar-refractivity contribution in [3.8, 4) is 0 Å². The summed E-state index contributed by atoms with van der Waals surface area (Å²) < 4.78 is 49.4. The second-order valence-electron chi connectivity index (χ2n) is 6.01. The molecule has 0 saturated carbocycles. The second-order valence-corrected chi connectivity index (χ2v) is 10.7. The molecule has 7 heteroatoms. The molecule has 1 heterocycles. The highest BCUT2D eigenvalue weighted by atomic mass is 32.2. The van der Waals surface area contributed by atoms with Gasteiger partial charge in [0.1, 0.15) is 0 Å². The van der Waals surface area contributed by atoms with Gasteiger partial charge in [0.2, 0.25) is 10.0 Å². The molecule has 0 N–H and O–H groups in total. The quantitative estimate of drug-likeness (QED) is 0.785. The van der Waals surface area contributed by atoms with Crippen molar-refractivity contribution >= 4 is 19.9 Å². The maximum Gasteiger partial charge on any atom is 0.214 e. The first kappa shape index (κ1) is 17.4. The number of hydrogen-bond donors (Lipinski definition) is 0. The normalized spacial score (nSPS) is 22.2. The van der Waals surface area contributed by atoms with Crippen LogP contribution < -0.4 is 0 Å². The number of nitrogens with zero attached hydrogens (tertiary/aromatic N) is 1. The second kappa shape index (κ2) is 6.68. The molecule has 22 heavy (non-hydrogen) atoms. The van der Waals surface area contributed by atoms with Gasteiger partial charge in [-0.2, -0.15) is 0 Å². The van der Waals surface area contributed by atoms with Crippen LogP contribution in [0.3, 0.4) is 0 Å². The molecular weight excluding hydrogens is 322 g/mol. The molecule has 1 aromatic rings. The molecule has 5 nitrogen and oxygen atoms in total. The molecule has 1 aliphatic heterocycles. The molecule has 0 radical (unpaired) electrons. The van der Waals surface area contributed by atoms with Crippen molar-refractivity contribution in [3.63, 3.8) is 0 Å². The fraction of sp³-hybridized carbons (Fsp3) is 0.600. The van der Waals surface area contributed by atoms with Gasteiger partial charge in [-0.25, -0.2) is 21.1 Å². The van der Waals surface area contributed by atoms with Gasteiger partial charge in [-0.15, -0.1) is 0 Å². The van der Waals surface area contributed by atoms with Crippen LogP contribution in [0.5, 0.6) is 0 Å². The van der Waals surface area contributed by atoms with E-state index in [4.69, 9.17) is 0 Å². The SMILES string of the molecule is CC(C)S(=O)(=O)CCCN1CC(c2ccccc2)CS1(=O)=O. The summed E-state index contributed by atoms with van der Waals surface area (Å²) in [5.41, 5.74) is 1.02. The summed E-state index contributed by atoms with van der Waals surface area (Å²) in [5.74, 6) is 0.105. The lowest BCUT2D eigenvalue weighted by Crippen LogP contribution is -2.29. The largest absolute Gasteiger partial charge is 0.229 e. The van der Waals surface area contributed by atoms with Crippen molar-refractivity contribution in [2.75, 3.05) is 24.6 Å². The van der Waals surface area contributed by atoms with Crippen molar-refractivity contribution in [2.45, 2.75) is 31.4 Å². The van der Waals surface area contributed by atoms with Gasteiger partial charge in [-0.1, -0.05) is 30.3 Å². The zero-order valence-electron chi connectivity index (χ0n) is 13.0. The molecule has 1 atom stereocenters. The van der Waals surface area contributed by atoms with Crippen LogP contribution in [0, 0.1) is 0 Å². The van der Waals surface area contributed by atoms with E-state index < -0.39 is 25.1 Å². The molecule has 1 aliphatic rings. The van der Waals surface area contributed by atoms with Crippen LogP contribution >= 0.6 is 0 Å². The summed E-state index contributed by atoms with van der Waals surface area (Å²) in [7, 11) is -6.40. The highest BCUT2D eigenvalue weighted by molar-refractivity contribution is 7.92. The van der Waals surface area contributed by atoms with E-state index in [1.54, 1.807) is 13.8 Å². The Hall–Kier alpha value is -0.920. The van der Waals surface area contributed by atoms with Gasteiger partial charge in [-0.05, 0) is 25.8 Å². The average Bonchev–Trinajstić information content (AvgIpc) is 2.75. The minimum Gasteiger partial charge on any atom is -0.229 e. The van der Waals surface area contributed by atoms with E-state index in [0.717, 1.165) is 5.56 Å². The van der Waals surface area contributed by atoms with Crippen molar-refractivity contribution < 1.29 is 16.8 Å². The average molecular weight is 345 g/mol. The van der Waals surface area contributed by atoms with E-state index in [1.807, 2.05) is 30.3 Å². The summed E-state index contributed by atoms with van der Waals surface area (Å²) in [6, 6.07) is 9.58. The number of hydrogen-bond acceptors (Lipinski definition) is 4. The van der Waals surface area contributed by atoms with E-state index in [2.05, 4.69) is 0 Å². The summed E-state index contributed by atoms with van der Waals surface area (Å²) in [4.78, 5) is 0. The Morgan fingerprint density at radius 3 is 2.45 bits per heavy atom. The van der Waals surface area contributed by atoms with Crippen molar-refractivity contribution in [1.29, 1.82) is 0 Å². The number of sulfone groups is 1. The van der Waals surface area contributed by atoms with E-state index in [0.29, 0.717) is 13.0 Å². The molecule has 124 valence electrons. The summed E-state index contributed by atoms with van der Waals surface area (Å²) in [6.45, 7) is 4.01. The van der Waals surface area contributed by atoms with Crippen LogP contribution in [0.2, 0.25) is 0 Å². The van der Waals surface area contributed by atoms with Gasteiger partial charge in [0, 0.05) is 19.0 Å². The van der Waals surface area contributed by atoms with Gasteiger partial charge in [0.25, 0.3) is 0 Å². The zero-order chi connectivity index (χ0) is 16.4. The van der Waals surface area contributed by atoms with E-state index in [9.17, 15) is 16.8 Å². The molecule has 1 saturated heterocycles. The molecular formula is C15H23NO4S2. The highest BCUT2D eigenvalue weighted by Gasteiger charge is 2.36. The fourth-order valence-electron chi connectivity index (χ4n) is 2.61. The predicted molar refractivity (Wildman–Crippen MR) is 88.1 cm³/mol. The van der Waals surface area contributed by atoms with Crippen LogP contribution in [0.25, 0.3) is 0 Å². The fourth-order valence-corrected chi connectivity index (χ4v) is 5.44. The first-order chi connectivity index (χ1) is 10.2. The predicted octanol–water partition coefficient (Wildman–Crippen LogP) is 1.63. The van der Waals surface area contributed by atoms with Crippen LogP contribution in [0.1, 0.15) is 31.7 Å². The van der Waals surface area contributed by atoms with Crippen molar-refractivity contribution in [2.24, 2.45) is 0 Å². The Morgan fingerprint density at radius 1 is 1.23 bits per heavy atom. The van der Waals surface area contributed by atoms with E-state index in [1.165, 1.54) is 4.31 Å². The third-order valence-electron chi connectivity index (χ3n) is 4.05. The first-order valence-corrected chi connectivity index (χ1v) is 10.8. The Balaban J connectivity index is 1.98. The minimum atomic E-state index is -3.28. The van der Waals surface area contributed by atoms with Crippen molar-refractivity contribution in [3.05, 3.63) is 35.9 Å². The Labute approximate surface area is 133 Å². The molecule has 0 aromatic heterocycles. The summed E-state index contributed by atoms with van der Waals surface area (Å²) in [5, 5.41) is -0.417. The smallest absolute Gasteiger partial charge is 0.214 e. The zero-order valence-corrected chi connectivity index (χ0v) is 14.6. The molecule has 0 spiro atoms. The maximum atomic E-state index is 12.2. The lowest BCUT2D eigenvalue weighted by atomic mass is 10.0.